The van der Waals surface area contributed by atoms with Crippen molar-refractivity contribution < 1.29 is 13.5 Å². The van der Waals surface area contributed by atoms with Gasteiger partial charge in [-0.05, 0) is 30.9 Å². The van der Waals surface area contributed by atoms with Crippen molar-refractivity contribution in [3.8, 4) is 0 Å². The van der Waals surface area contributed by atoms with E-state index in [2.05, 4.69) is 11.6 Å². The van der Waals surface area contributed by atoms with Gasteiger partial charge in [0.05, 0.1) is 0 Å². The normalized spacial score (nSPS) is 24.6. The van der Waals surface area contributed by atoms with Crippen LogP contribution in [0.4, 0.5) is 0 Å². The lowest BCUT2D eigenvalue weighted by Gasteiger charge is -2.16. The molecule has 2 unspecified atom stereocenters. The van der Waals surface area contributed by atoms with Gasteiger partial charge in [-0.1, -0.05) is 13.3 Å². The minimum absolute atomic E-state index is 0.0487. The smallest absolute Gasteiger partial charge is 0.250 e. The van der Waals surface area contributed by atoms with E-state index in [0.717, 1.165) is 24.1 Å². The lowest BCUT2D eigenvalue weighted by atomic mass is 10.1. The van der Waals surface area contributed by atoms with E-state index in [1.54, 1.807) is 12.1 Å². The summed E-state index contributed by atoms with van der Waals surface area (Å²) in [5.41, 5.74) is 0. The largest absolute Gasteiger partial charge is 0.396 e. The van der Waals surface area contributed by atoms with Crippen LogP contribution in [0.1, 0.15) is 31.1 Å². The van der Waals surface area contributed by atoms with E-state index in [1.807, 2.05) is 0 Å². The van der Waals surface area contributed by atoms with Crippen molar-refractivity contribution in [3.05, 3.63) is 17.0 Å². The van der Waals surface area contributed by atoms with Gasteiger partial charge in [-0.15, -0.1) is 11.3 Å². The van der Waals surface area contributed by atoms with Crippen molar-refractivity contribution in [3.63, 3.8) is 0 Å². The summed E-state index contributed by atoms with van der Waals surface area (Å²) >= 11 is 1.24. The monoisotopic (exact) mass is 289 g/mol. The molecule has 1 aromatic rings. The van der Waals surface area contributed by atoms with Crippen LogP contribution in [0.5, 0.6) is 0 Å². The minimum atomic E-state index is -3.39. The summed E-state index contributed by atoms with van der Waals surface area (Å²) in [6.07, 6.45) is 3.62. The Hall–Kier alpha value is -0.430. The van der Waals surface area contributed by atoms with Gasteiger partial charge in [0, 0.05) is 23.9 Å². The standard InChI is InChI=1S/C12H19NO3S2/c1-9-3-2-4-11(9)13-18(15,16)12-6-5-10(17-12)7-8-14/h5-6,9,11,13-14H,2-4,7-8H2,1H3. The lowest BCUT2D eigenvalue weighted by Crippen LogP contribution is -2.35. The first-order valence-corrected chi connectivity index (χ1v) is 8.55. The molecule has 0 aliphatic heterocycles. The molecule has 2 N–H and O–H groups in total. The molecule has 0 spiro atoms. The maximum Gasteiger partial charge on any atom is 0.250 e. The maximum absolute atomic E-state index is 12.2. The second kappa shape index (κ2) is 5.69. The van der Waals surface area contributed by atoms with Crippen molar-refractivity contribution in [2.24, 2.45) is 5.92 Å². The van der Waals surface area contributed by atoms with Crippen molar-refractivity contribution in [2.45, 2.75) is 42.9 Å². The average molecular weight is 289 g/mol. The molecule has 0 saturated heterocycles. The number of rotatable bonds is 5. The Kier molecular flexibility index (Phi) is 4.42. The van der Waals surface area contributed by atoms with E-state index >= 15 is 0 Å². The van der Waals surface area contributed by atoms with E-state index in [-0.39, 0.29) is 12.6 Å². The Morgan fingerprint density at radius 3 is 2.83 bits per heavy atom. The fourth-order valence-electron chi connectivity index (χ4n) is 2.33. The zero-order valence-electron chi connectivity index (χ0n) is 10.4. The fourth-order valence-corrected chi connectivity index (χ4v) is 5.07. The summed E-state index contributed by atoms with van der Waals surface area (Å²) in [6, 6.07) is 3.46. The first-order valence-electron chi connectivity index (χ1n) is 6.25. The molecule has 1 aliphatic rings. The van der Waals surface area contributed by atoms with Crippen LogP contribution in [-0.2, 0) is 16.4 Å². The highest BCUT2D eigenvalue weighted by Crippen LogP contribution is 2.28. The molecule has 1 heterocycles. The maximum atomic E-state index is 12.2. The fraction of sp³-hybridized carbons (Fsp3) is 0.667. The SMILES string of the molecule is CC1CCCC1NS(=O)(=O)c1ccc(CCO)s1. The van der Waals surface area contributed by atoms with E-state index in [1.165, 1.54) is 11.3 Å². The molecule has 102 valence electrons. The summed E-state index contributed by atoms with van der Waals surface area (Å²) in [5, 5.41) is 8.84. The lowest BCUT2D eigenvalue weighted by molar-refractivity contribution is 0.300. The molecule has 1 saturated carbocycles. The number of sulfonamides is 1. The van der Waals surface area contributed by atoms with Crippen LogP contribution in [-0.4, -0.2) is 26.2 Å². The Morgan fingerprint density at radius 2 is 2.22 bits per heavy atom. The van der Waals surface area contributed by atoms with Gasteiger partial charge < -0.3 is 5.11 Å². The van der Waals surface area contributed by atoms with Crippen molar-refractivity contribution >= 4 is 21.4 Å². The third-order valence-electron chi connectivity index (χ3n) is 3.43. The highest BCUT2D eigenvalue weighted by atomic mass is 32.2. The van der Waals surface area contributed by atoms with E-state index in [0.29, 0.717) is 16.5 Å². The Labute approximate surface area is 112 Å². The van der Waals surface area contributed by atoms with E-state index < -0.39 is 10.0 Å². The predicted octanol–water partition coefficient (Wildman–Crippen LogP) is 1.75. The van der Waals surface area contributed by atoms with Crippen molar-refractivity contribution in [2.75, 3.05) is 6.61 Å². The molecule has 2 rings (SSSR count). The molecule has 6 heteroatoms. The van der Waals surface area contributed by atoms with Gasteiger partial charge in [-0.25, -0.2) is 13.1 Å². The van der Waals surface area contributed by atoms with Crippen LogP contribution in [0.2, 0.25) is 0 Å². The Balaban J connectivity index is 2.09. The summed E-state index contributed by atoms with van der Waals surface area (Å²) in [5.74, 6) is 0.414. The second-order valence-electron chi connectivity index (χ2n) is 4.83. The molecule has 1 fully saturated rings. The quantitative estimate of drug-likeness (QED) is 0.868. The van der Waals surface area contributed by atoms with Gasteiger partial charge in [0.2, 0.25) is 10.0 Å². The van der Waals surface area contributed by atoms with Crippen LogP contribution in [0.3, 0.4) is 0 Å². The number of aliphatic hydroxyl groups is 1. The molecule has 0 amide bonds. The molecule has 4 nitrogen and oxygen atoms in total. The summed E-state index contributed by atoms with van der Waals surface area (Å²) in [6.45, 7) is 2.14. The third-order valence-corrected chi connectivity index (χ3v) is 6.55. The first kappa shape index (κ1) is 14.0. The number of hydrogen-bond acceptors (Lipinski definition) is 4. The van der Waals surface area contributed by atoms with Crippen LogP contribution in [0, 0.1) is 5.92 Å². The average Bonchev–Trinajstić information content (AvgIpc) is 2.90. The van der Waals surface area contributed by atoms with Gasteiger partial charge in [0.15, 0.2) is 0 Å². The molecular formula is C12H19NO3S2. The van der Waals surface area contributed by atoms with Gasteiger partial charge in [0.25, 0.3) is 0 Å². The summed E-state index contributed by atoms with van der Waals surface area (Å²) in [7, 11) is -3.39. The minimum Gasteiger partial charge on any atom is -0.396 e. The number of thiophene rings is 1. The zero-order chi connectivity index (χ0) is 13.2. The summed E-state index contributed by atoms with van der Waals surface area (Å²) in [4.78, 5) is 0.900. The highest BCUT2D eigenvalue weighted by Gasteiger charge is 2.28. The number of aliphatic hydroxyl groups excluding tert-OH is 1. The zero-order valence-corrected chi connectivity index (χ0v) is 12.1. The van der Waals surface area contributed by atoms with Gasteiger partial charge >= 0.3 is 0 Å². The third kappa shape index (κ3) is 3.12. The molecule has 18 heavy (non-hydrogen) atoms. The number of hydrogen-bond donors (Lipinski definition) is 2. The van der Waals surface area contributed by atoms with Gasteiger partial charge in [-0.3, -0.25) is 0 Å². The van der Waals surface area contributed by atoms with Crippen LogP contribution < -0.4 is 4.72 Å². The van der Waals surface area contributed by atoms with Crippen LogP contribution in [0.15, 0.2) is 16.3 Å². The molecule has 2 atom stereocenters. The molecular weight excluding hydrogens is 270 g/mol. The molecule has 1 aliphatic carbocycles. The van der Waals surface area contributed by atoms with E-state index in [4.69, 9.17) is 5.11 Å². The van der Waals surface area contributed by atoms with Crippen molar-refractivity contribution in [1.82, 2.24) is 4.72 Å². The number of nitrogens with one attached hydrogen (secondary N) is 1. The van der Waals surface area contributed by atoms with Crippen molar-refractivity contribution in [1.29, 1.82) is 0 Å². The van der Waals surface area contributed by atoms with Gasteiger partial charge in [0.1, 0.15) is 4.21 Å². The van der Waals surface area contributed by atoms with Crippen LogP contribution >= 0.6 is 11.3 Å². The Morgan fingerprint density at radius 1 is 1.44 bits per heavy atom. The van der Waals surface area contributed by atoms with E-state index in [9.17, 15) is 8.42 Å². The molecule has 0 bridgehead atoms. The second-order valence-corrected chi connectivity index (χ2v) is 7.94. The van der Waals surface area contributed by atoms with Crippen LogP contribution in [0.25, 0.3) is 0 Å². The molecule has 0 radical (unpaired) electrons. The summed E-state index contributed by atoms with van der Waals surface area (Å²) < 4.78 is 27.5. The first-order chi connectivity index (χ1) is 8.53. The topological polar surface area (TPSA) is 66.4 Å². The van der Waals surface area contributed by atoms with Gasteiger partial charge in [-0.2, -0.15) is 0 Å². The highest BCUT2D eigenvalue weighted by molar-refractivity contribution is 7.91. The molecule has 1 aromatic heterocycles. The Bertz CT molecular complexity index is 495. The predicted molar refractivity (Wildman–Crippen MR) is 72.2 cm³/mol. The molecule has 0 aromatic carbocycles.